The molecule has 1 aromatic rings. The minimum absolute atomic E-state index is 0.241. The molecule has 0 radical (unpaired) electrons. The van der Waals surface area contributed by atoms with Gasteiger partial charge in [0.1, 0.15) is 5.75 Å². The Kier molecular flexibility index (Phi) is 6.27. The maximum atomic E-state index is 5.81. The summed E-state index contributed by atoms with van der Waals surface area (Å²) in [5, 5.41) is 0. The summed E-state index contributed by atoms with van der Waals surface area (Å²) in [6.45, 7) is 4.70. The molecule has 0 heterocycles. The molecular weight excluding hydrogens is 224 g/mol. The fourth-order valence-electron chi connectivity index (χ4n) is 1.50. The van der Waals surface area contributed by atoms with Gasteiger partial charge in [-0.15, -0.1) is 11.6 Å². The van der Waals surface area contributed by atoms with Crippen molar-refractivity contribution in [3.05, 3.63) is 29.8 Å². The van der Waals surface area contributed by atoms with Crippen molar-refractivity contribution >= 4 is 11.6 Å². The number of halogens is 1. The average molecular weight is 243 g/mol. The van der Waals surface area contributed by atoms with Gasteiger partial charge in [-0.1, -0.05) is 25.1 Å². The van der Waals surface area contributed by atoms with Crippen LogP contribution in [0.3, 0.4) is 0 Å². The second-order valence-electron chi connectivity index (χ2n) is 3.44. The van der Waals surface area contributed by atoms with E-state index in [1.807, 2.05) is 25.1 Å². The van der Waals surface area contributed by atoms with Gasteiger partial charge in [-0.2, -0.15) is 0 Å². The van der Waals surface area contributed by atoms with E-state index in [0.717, 1.165) is 12.2 Å². The highest BCUT2D eigenvalue weighted by Gasteiger charge is 2.11. The van der Waals surface area contributed by atoms with Crippen LogP contribution in [0.5, 0.6) is 5.75 Å². The van der Waals surface area contributed by atoms with Crippen molar-refractivity contribution in [1.82, 2.24) is 0 Å². The molecule has 16 heavy (non-hydrogen) atoms. The molecule has 3 heteroatoms. The van der Waals surface area contributed by atoms with E-state index in [4.69, 9.17) is 21.1 Å². The fraction of sp³-hybridized carbons (Fsp3) is 0.538. The standard InChI is InChI=1S/C13H19ClO2/c1-3-11-7-5-6-8-12(11)16-13(9-10-14)15-4-2/h5-8,13H,3-4,9-10H2,1-2H3. The molecule has 0 N–H and O–H groups in total. The molecule has 0 aliphatic rings. The third-order valence-corrected chi connectivity index (χ3v) is 2.53. The number of para-hydroxylation sites is 1. The second-order valence-corrected chi connectivity index (χ2v) is 3.82. The second kappa shape index (κ2) is 7.53. The molecular formula is C13H19ClO2. The van der Waals surface area contributed by atoms with Crippen LogP contribution >= 0.6 is 11.6 Å². The van der Waals surface area contributed by atoms with Crippen molar-refractivity contribution in [1.29, 1.82) is 0 Å². The van der Waals surface area contributed by atoms with E-state index in [9.17, 15) is 0 Å². The van der Waals surface area contributed by atoms with Crippen LogP contribution in [0.2, 0.25) is 0 Å². The number of aryl methyl sites for hydroxylation is 1. The number of hydrogen-bond donors (Lipinski definition) is 0. The first-order valence-electron chi connectivity index (χ1n) is 5.73. The van der Waals surface area contributed by atoms with Crippen molar-refractivity contribution in [3.63, 3.8) is 0 Å². The van der Waals surface area contributed by atoms with Crippen LogP contribution in [-0.2, 0) is 11.2 Å². The molecule has 1 atom stereocenters. The third kappa shape index (κ3) is 4.03. The lowest BCUT2D eigenvalue weighted by Crippen LogP contribution is -2.21. The minimum atomic E-state index is -0.241. The SMILES string of the molecule is CCOC(CCCl)Oc1ccccc1CC. The Hall–Kier alpha value is -0.730. The van der Waals surface area contributed by atoms with Gasteiger partial charge in [0.2, 0.25) is 6.29 Å². The summed E-state index contributed by atoms with van der Waals surface area (Å²) in [6, 6.07) is 8.03. The monoisotopic (exact) mass is 242 g/mol. The number of alkyl halides is 1. The molecule has 0 aliphatic carbocycles. The Labute approximate surface area is 103 Å². The van der Waals surface area contributed by atoms with E-state index >= 15 is 0 Å². The van der Waals surface area contributed by atoms with Gasteiger partial charge in [-0.05, 0) is 25.0 Å². The normalized spacial score (nSPS) is 12.4. The van der Waals surface area contributed by atoms with Crippen LogP contribution < -0.4 is 4.74 Å². The van der Waals surface area contributed by atoms with Crippen LogP contribution in [0, 0.1) is 0 Å². The van der Waals surface area contributed by atoms with Crippen molar-refractivity contribution < 1.29 is 9.47 Å². The summed E-state index contributed by atoms with van der Waals surface area (Å²) in [7, 11) is 0. The number of ether oxygens (including phenoxy) is 2. The van der Waals surface area contributed by atoms with E-state index in [2.05, 4.69) is 13.0 Å². The minimum Gasteiger partial charge on any atom is -0.465 e. The highest BCUT2D eigenvalue weighted by Crippen LogP contribution is 2.21. The lowest BCUT2D eigenvalue weighted by Gasteiger charge is -2.19. The Bertz CT molecular complexity index is 296. The zero-order valence-corrected chi connectivity index (χ0v) is 10.7. The van der Waals surface area contributed by atoms with E-state index < -0.39 is 0 Å². The highest BCUT2D eigenvalue weighted by atomic mass is 35.5. The maximum Gasteiger partial charge on any atom is 0.200 e. The Morgan fingerprint density at radius 3 is 2.62 bits per heavy atom. The number of rotatable bonds is 7. The van der Waals surface area contributed by atoms with Crippen molar-refractivity contribution in [3.8, 4) is 5.75 Å². The van der Waals surface area contributed by atoms with Crippen LogP contribution in [0.4, 0.5) is 0 Å². The van der Waals surface area contributed by atoms with Gasteiger partial charge in [0.15, 0.2) is 0 Å². The van der Waals surface area contributed by atoms with Gasteiger partial charge in [-0.25, -0.2) is 0 Å². The summed E-state index contributed by atoms with van der Waals surface area (Å²) >= 11 is 5.71. The summed E-state index contributed by atoms with van der Waals surface area (Å²) < 4.78 is 11.3. The molecule has 0 fully saturated rings. The molecule has 0 saturated heterocycles. The van der Waals surface area contributed by atoms with Gasteiger partial charge in [0, 0.05) is 18.9 Å². The van der Waals surface area contributed by atoms with Crippen molar-refractivity contribution in [2.75, 3.05) is 12.5 Å². The predicted molar refractivity (Wildman–Crippen MR) is 67.2 cm³/mol. The first-order chi connectivity index (χ1) is 7.81. The molecule has 0 amide bonds. The van der Waals surface area contributed by atoms with Crippen molar-refractivity contribution in [2.24, 2.45) is 0 Å². The highest BCUT2D eigenvalue weighted by molar-refractivity contribution is 6.17. The number of benzene rings is 1. The number of hydrogen-bond acceptors (Lipinski definition) is 2. The summed E-state index contributed by atoms with van der Waals surface area (Å²) in [5.41, 5.74) is 1.20. The summed E-state index contributed by atoms with van der Waals surface area (Å²) in [4.78, 5) is 0. The largest absolute Gasteiger partial charge is 0.465 e. The van der Waals surface area contributed by atoms with Gasteiger partial charge in [0.05, 0.1) is 0 Å². The quantitative estimate of drug-likeness (QED) is 0.537. The molecule has 1 rings (SSSR count). The lowest BCUT2D eigenvalue weighted by molar-refractivity contribution is -0.0765. The molecule has 0 aromatic heterocycles. The first kappa shape index (κ1) is 13.3. The van der Waals surface area contributed by atoms with Crippen LogP contribution in [-0.4, -0.2) is 18.8 Å². The predicted octanol–water partition coefficient (Wildman–Crippen LogP) is 3.62. The van der Waals surface area contributed by atoms with Crippen LogP contribution in [0.15, 0.2) is 24.3 Å². The molecule has 0 saturated carbocycles. The zero-order valence-electron chi connectivity index (χ0n) is 9.91. The first-order valence-corrected chi connectivity index (χ1v) is 6.27. The summed E-state index contributed by atoms with van der Waals surface area (Å²) in [6.07, 6.45) is 1.42. The van der Waals surface area contributed by atoms with E-state index in [1.165, 1.54) is 5.56 Å². The molecule has 90 valence electrons. The van der Waals surface area contributed by atoms with Crippen LogP contribution in [0.25, 0.3) is 0 Å². The van der Waals surface area contributed by atoms with Gasteiger partial charge >= 0.3 is 0 Å². The maximum absolute atomic E-state index is 5.81. The van der Waals surface area contributed by atoms with Crippen LogP contribution in [0.1, 0.15) is 25.8 Å². The fourth-order valence-corrected chi connectivity index (χ4v) is 1.68. The third-order valence-electron chi connectivity index (χ3n) is 2.31. The molecule has 0 aliphatic heterocycles. The van der Waals surface area contributed by atoms with E-state index in [-0.39, 0.29) is 6.29 Å². The smallest absolute Gasteiger partial charge is 0.200 e. The topological polar surface area (TPSA) is 18.5 Å². The molecule has 1 aromatic carbocycles. The van der Waals surface area contributed by atoms with Gasteiger partial charge in [-0.3, -0.25) is 0 Å². The average Bonchev–Trinajstić information content (AvgIpc) is 2.30. The Morgan fingerprint density at radius 1 is 1.25 bits per heavy atom. The van der Waals surface area contributed by atoms with Crippen molar-refractivity contribution in [2.45, 2.75) is 33.0 Å². The Morgan fingerprint density at radius 2 is 2.00 bits per heavy atom. The molecule has 0 bridgehead atoms. The molecule has 0 spiro atoms. The van der Waals surface area contributed by atoms with Gasteiger partial charge in [0.25, 0.3) is 0 Å². The molecule has 1 unspecified atom stereocenters. The van der Waals surface area contributed by atoms with E-state index in [1.54, 1.807) is 0 Å². The molecule has 2 nitrogen and oxygen atoms in total. The lowest BCUT2D eigenvalue weighted by atomic mass is 10.1. The van der Waals surface area contributed by atoms with E-state index in [0.29, 0.717) is 18.9 Å². The zero-order chi connectivity index (χ0) is 11.8. The summed E-state index contributed by atoms with van der Waals surface area (Å²) in [5.74, 6) is 1.44. The Balaban J connectivity index is 2.67. The van der Waals surface area contributed by atoms with Gasteiger partial charge < -0.3 is 9.47 Å².